The molecule has 0 radical (unpaired) electrons. The van der Waals surface area contributed by atoms with Crippen molar-refractivity contribution >= 4 is 23.6 Å². The van der Waals surface area contributed by atoms with Crippen LogP contribution in [-0.2, 0) is 38.1 Å². The molecular weight excluding hydrogens is 370 g/mol. The van der Waals surface area contributed by atoms with Crippen LogP contribution in [0.3, 0.4) is 0 Å². The average Bonchev–Trinajstić information content (AvgIpc) is 2.59. The Balaban J connectivity index is 3.13. The van der Waals surface area contributed by atoms with Gasteiger partial charge in [0.1, 0.15) is 18.1 Å². The van der Waals surface area contributed by atoms with Crippen molar-refractivity contribution in [2.24, 2.45) is 0 Å². The van der Waals surface area contributed by atoms with E-state index in [1.165, 1.54) is 26.0 Å². The van der Waals surface area contributed by atoms with Crippen LogP contribution < -0.4 is 5.32 Å². The smallest absolute Gasteiger partial charge is 0.331 e. The SMILES string of the molecule is C=CCNC(=O)CO[C@H]1O[C@H](CC(C)=O)C=C(OC(C)=O)/C1=C/C(=O)OCC. The molecule has 2 atom stereocenters. The molecule has 9 heteroatoms. The van der Waals surface area contributed by atoms with E-state index >= 15 is 0 Å². The Morgan fingerprint density at radius 1 is 1.29 bits per heavy atom. The largest absolute Gasteiger partial charge is 0.463 e. The molecule has 154 valence electrons. The predicted octanol–water partition coefficient (Wildman–Crippen LogP) is 0.946. The monoisotopic (exact) mass is 395 g/mol. The topological polar surface area (TPSA) is 117 Å². The van der Waals surface area contributed by atoms with Crippen LogP contribution in [0.25, 0.3) is 0 Å². The molecule has 1 N–H and O–H groups in total. The molecule has 28 heavy (non-hydrogen) atoms. The van der Waals surface area contributed by atoms with Crippen LogP contribution in [-0.4, -0.2) is 55.8 Å². The Morgan fingerprint density at radius 2 is 2.00 bits per heavy atom. The van der Waals surface area contributed by atoms with Crippen molar-refractivity contribution in [2.75, 3.05) is 19.8 Å². The zero-order valence-corrected chi connectivity index (χ0v) is 16.2. The highest BCUT2D eigenvalue weighted by Crippen LogP contribution is 2.28. The third-order valence-corrected chi connectivity index (χ3v) is 3.29. The Labute approximate surface area is 163 Å². The molecule has 1 amide bonds. The van der Waals surface area contributed by atoms with E-state index in [-0.39, 0.29) is 36.7 Å². The molecule has 0 aromatic carbocycles. The molecule has 1 heterocycles. The fourth-order valence-electron chi connectivity index (χ4n) is 2.26. The van der Waals surface area contributed by atoms with Crippen molar-refractivity contribution in [1.82, 2.24) is 5.32 Å². The minimum absolute atomic E-state index is 0.0000280. The van der Waals surface area contributed by atoms with Crippen LogP contribution in [0.4, 0.5) is 0 Å². The number of rotatable bonds is 10. The molecule has 9 nitrogen and oxygen atoms in total. The van der Waals surface area contributed by atoms with E-state index in [4.69, 9.17) is 18.9 Å². The summed E-state index contributed by atoms with van der Waals surface area (Å²) in [5.41, 5.74) is 0.0740. The van der Waals surface area contributed by atoms with E-state index < -0.39 is 36.8 Å². The first-order valence-corrected chi connectivity index (χ1v) is 8.69. The zero-order valence-electron chi connectivity index (χ0n) is 16.2. The number of carbonyl (C=O) groups is 4. The van der Waals surface area contributed by atoms with Crippen molar-refractivity contribution in [3.05, 3.63) is 36.1 Å². The number of amides is 1. The van der Waals surface area contributed by atoms with Gasteiger partial charge in [0.15, 0.2) is 6.29 Å². The number of nitrogens with one attached hydrogen (secondary N) is 1. The highest BCUT2D eigenvalue weighted by molar-refractivity contribution is 5.84. The van der Waals surface area contributed by atoms with E-state index in [1.807, 2.05) is 0 Å². The Hall–Kier alpha value is -2.78. The lowest BCUT2D eigenvalue weighted by atomic mass is 10.0. The van der Waals surface area contributed by atoms with Crippen LogP contribution >= 0.6 is 0 Å². The van der Waals surface area contributed by atoms with Gasteiger partial charge in [-0.2, -0.15) is 0 Å². The molecular formula is C19H25NO8. The van der Waals surface area contributed by atoms with Crippen LogP contribution in [0.15, 0.2) is 36.1 Å². The third kappa shape index (κ3) is 8.28. The van der Waals surface area contributed by atoms with E-state index in [9.17, 15) is 19.2 Å². The first kappa shape index (κ1) is 23.3. The maximum atomic E-state index is 11.9. The molecule has 0 unspecified atom stereocenters. The van der Waals surface area contributed by atoms with Crippen LogP contribution in [0, 0.1) is 0 Å². The average molecular weight is 395 g/mol. The number of hydrogen-bond donors (Lipinski definition) is 1. The lowest BCUT2D eigenvalue weighted by molar-refractivity contribution is -0.163. The van der Waals surface area contributed by atoms with Crippen molar-refractivity contribution in [1.29, 1.82) is 0 Å². The molecule has 0 saturated heterocycles. The Morgan fingerprint density at radius 3 is 2.57 bits per heavy atom. The summed E-state index contributed by atoms with van der Waals surface area (Å²) in [6.45, 7) is 7.70. The molecule has 1 aliphatic rings. The van der Waals surface area contributed by atoms with Gasteiger partial charge in [0.05, 0.1) is 18.3 Å². The first-order chi connectivity index (χ1) is 13.3. The first-order valence-electron chi connectivity index (χ1n) is 8.69. The van der Waals surface area contributed by atoms with Crippen molar-refractivity contribution in [3.8, 4) is 0 Å². The molecule has 0 aromatic rings. The molecule has 0 bridgehead atoms. The fourth-order valence-corrected chi connectivity index (χ4v) is 2.26. The quantitative estimate of drug-likeness (QED) is 0.330. The summed E-state index contributed by atoms with van der Waals surface area (Å²) in [6, 6.07) is 0. The molecule has 0 fully saturated rings. The number of esters is 2. The highest BCUT2D eigenvalue weighted by Gasteiger charge is 2.32. The molecule has 0 saturated carbocycles. The third-order valence-electron chi connectivity index (χ3n) is 3.29. The summed E-state index contributed by atoms with van der Waals surface area (Å²) < 4.78 is 21.2. The zero-order chi connectivity index (χ0) is 21.1. The van der Waals surface area contributed by atoms with E-state index in [0.29, 0.717) is 0 Å². The summed E-state index contributed by atoms with van der Waals surface area (Å²) in [6.07, 6.45) is 2.00. The molecule has 0 aliphatic carbocycles. The molecule has 0 spiro atoms. The van der Waals surface area contributed by atoms with Gasteiger partial charge in [-0.25, -0.2) is 4.79 Å². The molecule has 0 aromatic heterocycles. The van der Waals surface area contributed by atoms with Gasteiger partial charge in [-0.15, -0.1) is 6.58 Å². The van der Waals surface area contributed by atoms with E-state index in [0.717, 1.165) is 6.08 Å². The fraction of sp³-hybridized carbons (Fsp3) is 0.474. The summed E-state index contributed by atoms with van der Waals surface area (Å²) in [5.74, 6) is -1.93. The van der Waals surface area contributed by atoms with Crippen LogP contribution in [0.2, 0.25) is 0 Å². The number of carbonyl (C=O) groups excluding carboxylic acids is 4. The summed E-state index contributed by atoms with van der Waals surface area (Å²) in [5, 5.41) is 2.53. The molecule has 1 aliphatic heterocycles. The van der Waals surface area contributed by atoms with Gasteiger partial charge >= 0.3 is 11.9 Å². The van der Waals surface area contributed by atoms with Crippen LogP contribution in [0.1, 0.15) is 27.2 Å². The van der Waals surface area contributed by atoms with Gasteiger partial charge < -0.3 is 24.3 Å². The normalized spacial score (nSPS) is 20.1. The number of hydrogen-bond acceptors (Lipinski definition) is 8. The van der Waals surface area contributed by atoms with Gasteiger partial charge in [0, 0.05) is 26.0 Å². The maximum Gasteiger partial charge on any atom is 0.331 e. The number of ether oxygens (including phenoxy) is 4. The van der Waals surface area contributed by atoms with Gasteiger partial charge in [-0.05, 0) is 19.9 Å². The van der Waals surface area contributed by atoms with E-state index in [2.05, 4.69) is 11.9 Å². The second kappa shape index (κ2) is 11.8. The maximum absolute atomic E-state index is 11.9. The molecule has 1 rings (SSSR count). The van der Waals surface area contributed by atoms with Gasteiger partial charge in [0.25, 0.3) is 0 Å². The van der Waals surface area contributed by atoms with E-state index in [1.54, 1.807) is 6.92 Å². The lowest BCUT2D eigenvalue weighted by Crippen LogP contribution is -2.37. The van der Waals surface area contributed by atoms with Crippen molar-refractivity contribution < 1.29 is 38.1 Å². The van der Waals surface area contributed by atoms with Gasteiger partial charge in [-0.3, -0.25) is 14.4 Å². The second-order valence-corrected chi connectivity index (χ2v) is 5.79. The Bertz CT molecular complexity index is 679. The standard InChI is InChI=1S/C19H25NO8/c1-5-7-20-17(23)11-26-19-15(10-18(24)25-6-2)16(27-13(4)22)9-14(28-19)8-12(3)21/h5,9-10,14,19H,1,6-8,11H2,2-4H3,(H,20,23)/b15-10-/t14-,19+/m1/s1. The summed E-state index contributed by atoms with van der Waals surface area (Å²) >= 11 is 0. The van der Waals surface area contributed by atoms with Gasteiger partial charge in [-0.1, -0.05) is 6.08 Å². The number of ketones is 1. The highest BCUT2D eigenvalue weighted by atomic mass is 16.7. The lowest BCUT2D eigenvalue weighted by Gasteiger charge is -2.30. The number of Topliss-reactive ketones (excluding diaryl/α,β-unsaturated/α-hetero) is 1. The van der Waals surface area contributed by atoms with Crippen molar-refractivity contribution in [2.45, 2.75) is 39.6 Å². The second-order valence-electron chi connectivity index (χ2n) is 5.79. The Kier molecular flexibility index (Phi) is 9.83. The summed E-state index contributed by atoms with van der Waals surface area (Å²) in [4.78, 5) is 46.6. The van der Waals surface area contributed by atoms with Crippen LogP contribution in [0.5, 0.6) is 0 Å². The minimum atomic E-state index is -1.22. The minimum Gasteiger partial charge on any atom is -0.463 e. The predicted molar refractivity (Wildman–Crippen MR) is 97.7 cm³/mol. The summed E-state index contributed by atoms with van der Waals surface area (Å²) in [7, 11) is 0. The van der Waals surface area contributed by atoms with Gasteiger partial charge in [0.2, 0.25) is 5.91 Å². The van der Waals surface area contributed by atoms with Crippen molar-refractivity contribution in [3.63, 3.8) is 0 Å².